The van der Waals surface area contributed by atoms with Crippen molar-refractivity contribution < 1.29 is 14.6 Å². The molecule has 20 heavy (non-hydrogen) atoms. The van der Waals surface area contributed by atoms with Gasteiger partial charge in [0, 0.05) is 0 Å². The molecule has 0 radical (unpaired) electrons. The van der Waals surface area contributed by atoms with E-state index in [1.807, 2.05) is 48.5 Å². The molecule has 0 spiro atoms. The Labute approximate surface area is 126 Å². The maximum atomic E-state index is 11.5. The van der Waals surface area contributed by atoms with Crippen LogP contribution >= 0.6 is 15.9 Å². The summed E-state index contributed by atoms with van der Waals surface area (Å²) in [5.41, 5.74) is 1.76. The summed E-state index contributed by atoms with van der Waals surface area (Å²) >= 11 is 3.42. The highest BCUT2D eigenvalue weighted by atomic mass is 79.9. The predicted octanol–water partition coefficient (Wildman–Crippen LogP) is 3.87. The second kappa shape index (κ2) is 6.57. The monoisotopic (exact) mass is 334 g/mol. The van der Waals surface area contributed by atoms with Crippen LogP contribution in [0.2, 0.25) is 0 Å². The largest absolute Gasteiger partial charge is 0.496 e. The topological polar surface area (TPSA) is 46.5 Å². The molecule has 0 aliphatic heterocycles. The third-order valence-corrected chi connectivity index (χ3v) is 3.78. The third-order valence-electron chi connectivity index (χ3n) is 3.16. The van der Waals surface area contributed by atoms with Crippen molar-refractivity contribution in [3.63, 3.8) is 0 Å². The number of carboxylic acids is 1. The van der Waals surface area contributed by atoms with Gasteiger partial charge in [-0.15, -0.1) is 0 Å². The molecule has 0 saturated carbocycles. The lowest BCUT2D eigenvalue weighted by molar-refractivity contribution is -0.138. The lowest BCUT2D eigenvalue weighted by Gasteiger charge is -2.13. The van der Waals surface area contributed by atoms with Crippen LogP contribution in [-0.2, 0) is 11.2 Å². The zero-order valence-corrected chi connectivity index (χ0v) is 12.6. The summed E-state index contributed by atoms with van der Waals surface area (Å²) in [4.78, 5) is 11.5. The van der Waals surface area contributed by atoms with Crippen LogP contribution < -0.4 is 4.74 Å². The maximum absolute atomic E-state index is 11.5. The number of carboxylic acid groups (broad SMARTS) is 1. The van der Waals surface area contributed by atoms with Crippen molar-refractivity contribution in [1.29, 1.82) is 0 Å². The first-order valence-corrected chi connectivity index (χ1v) is 7.01. The second-order valence-electron chi connectivity index (χ2n) is 4.47. The van der Waals surface area contributed by atoms with Gasteiger partial charge >= 0.3 is 5.97 Å². The van der Waals surface area contributed by atoms with Gasteiger partial charge in [0.15, 0.2) is 0 Å². The van der Waals surface area contributed by atoms with E-state index in [-0.39, 0.29) is 0 Å². The molecule has 2 aromatic rings. The maximum Gasteiger partial charge on any atom is 0.311 e. The van der Waals surface area contributed by atoms with Gasteiger partial charge in [0.2, 0.25) is 0 Å². The van der Waals surface area contributed by atoms with Gasteiger partial charge in [-0.2, -0.15) is 0 Å². The van der Waals surface area contributed by atoms with E-state index in [0.717, 1.165) is 21.3 Å². The molecule has 2 rings (SSSR count). The van der Waals surface area contributed by atoms with Crippen molar-refractivity contribution in [2.24, 2.45) is 0 Å². The minimum Gasteiger partial charge on any atom is -0.496 e. The third kappa shape index (κ3) is 3.39. The molecule has 1 unspecified atom stereocenters. The first-order valence-electron chi connectivity index (χ1n) is 6.22. The fourth-order valence-corrected chi connectivity index (χ4v) is 2.69. The summed E-state index contributed by atoms with van der Waals surface area (Å²) in [6.45, 7) is 0. The lowest BCUT2D eigenvalue weighted by atomic mass is 9.92. The highest BCUT2D eigenvalue weighted by Crippen LogP contribution is 2.28. The summed E-state index contributed by atoms with van der Waals surface area (Å²) < 4.78 is 6.00. The SMILES string of the molecule is COc1ccc(CC(C(=O)O)c2ccccc2)cc1Br. The Morgan fingerprint density at radius 3 is 2.50 bits per heavy atom. The zero-order valence-electron chi connectivity index (χ0n) is 11.0. The number of hydrogen-bond donors (Lipinski definition) is 1. The van der Waals surface area contributed by atoms with E-state index < -0.39 is 11.9 Å². The Morgan fingerprint density at radius 1 is 1.25 bits per heavy atom. The summed E-state index contributed by atoms with van der Waals surface area (Å²) in [6, 6.07) is 14.9. The van der Waals surface area contributed by atoms with Gasteiger partial charge in [0.25, 0.3) is 0 Å². The predicted molar refractivity (Wildman–Crippen MR) is 81.2 cm³/mol. The quantitative estimate of drug-likeness (QED) is 0.902. The number of aliphatic carboxylic acids is 1. The fourth-order valence-electron chi connectivity index (χ4n) is 2.11. The summed E-state index contributed by atoms with van der Waals surface area (Å²) in [5.74, 6) is -0.625. The van der Waals surface area contributed by atoms with Crippen LogP contribution in [0.5, 0.6) is 5.75 Å². The van der Waals surface area contributed by atoms with Crippen LogP contribution in [0.3, 0.4) is 0 Å². The van der Waals surface area contributed by atoms with Gasteiger partial charge in [0.05, 0.1) is 17.5 Å². The van der Waals surface area contributed by atoms with Crippen LogP contribution in [0.25, 0.3) is 0 Å². The Balaban J connectivity index is 2.25. The van der Waals surface area contributed by atoms with Crippen LogP contribution in [0.15, 0.2) is 53.0 Å². The van der Waals surface area contributed by atoms with Gasteiger partial charge < -0.3 is 9.84 Å². The number of carbonyl (C=O) groups is 1. The summed E-state index contributed by atoms with van der Waals surface area (Å²) in [7, 11) is 1.60. The van der Waals surface area contributed by atoms with E-state index in [9.17, 15) is 9.90 Å². The van der Waals surface area contributed by atoms with Crippen LogP contribution in [0.4, 0.5) is 0 Å². The van der Waals surface area contributed by atoms with E-state index in [4.69, 9.17) is 4.74 Å². The van der Waals surface area contributed by atoms with Gasteiger partial charge in [-0.1, -0.05) is 36.4 Å². The molecule has 0 heterocycles. The Bertz CT molecular complexity index is 596. The number of ether oxygens (including phenoxy) is 1. The number of rotatable bonds is 5. The fraction of sp³-hybridized carbons (Fsp3) is 0.188. The molecule has 1 atom stereocenters. The van der Waals surface area contributed by atoms with Crippen molar-refractivity contribution in [3.05, 3.63) is 64.1 Å². The highest BCUT2D eigenvalue weighted by molar-refractivity contribution is 9.10. The Kier molecular flexibility index (Phi) is 4.79. The first kappa shape index (κ1) is 14.6. The molecule has 2 aromatic carbocycles. The molecular weight excluding hydrogens is 320 g/mol. The van der Waals surface area contributed by atoms with E-state index in [0.29, 0.717) is 6.42 Å². The van der Waals surface area contributed by atoms with Crippen molar-refractivity contribution in [2.45, 2.75) is 12.3 Å². The molecule has 0 bridgehead atoms. The Hall–Kier alpha value is -1.81. The van der Waals surface area contributed by atoms with Crippen LogP contribution in [0.1, 0.15) is 17.0 Å². The average molecular weight is 335 g/mol. The van der Waals surface area contributed by atoms with Crippen molar-refractivity contribution in [2.75, 3.05) is 7.11 Å². The van der Waals surface area contributed by atoms with E-state index in [1.165, 1.54) is 0 Å². The normalized spacial score (nSPS) is 11.9. The van der Waals surface area contributed by atoms with Crippen LogP contribution in [-0.4, -0.2) is 18.2 Å². The van der Waals surface area contributed by atoms with Crippen molar-refractivity contribution in [1.82, 2.24) is 0 Å². The first-order chi connectivity index (χ1) is 9.61. The smallest absolute Gasteiger partial charge is 0.311 e. The highest BCUT2D eigenvalue weighted by Gasteiger charge is 2.20. The molecule has 0 aliphatic carbocycles. The summed E-state index contributed by atoms with van der Waals surface area (Å²) in [6.07, 6.45) is 0.446. The van der Waals surface area contributed by atoms with Crippen molar-refractivity contribution >= 4 is 21.9 Å². The average Bonchev–Trinajstić information content (AvgIpc) is 2.45. The van der Waals surface area contributed by atoms with Gasteiger partial charge in [-0.3, -0.25) is 4.79 Å². The van der Waals surface area contributed by atoms with E-state index in [1.54, 1.807) is 7.11 Å². The van der Waals surface area contributed by atoms with Gasteiger partial charge in [-0.25, -0.2) is 0 Å². The molecule has 104 valence electrons. The van der Waals surface area contributed by atoms with Crippen LogP contribution in [0, 0.1) is 0 Å². The molecule has 0 saturated heterocycles. The molecule has 0 amide bonds. The van der Waals surface area contributed by atoms with E-state index in [2.05, 4.69) is 15.9 Å². The molecule has 4 heteroatoms. The minimum atomic E-state index is -0.817. The number of halogens is 1. The second-order valence-corrected chi connectivity index (χ2v) is 5.33. The number of methoxy groups -OCH3 is 1. The zero-order chi connectivity index (χ0) is 14.5. The minimum absolute atomic E-state index is 0.446. The van der Waals surface area contributed by atoms with Gasteiger partial charge in [-0.05, 0) is 45.6 Å². The lowest BCUT2D eigenvalue weighted by Crippen LogP contribution is -2.14. The van der Waals surface area contributed by atoms with Crippen molar-refractivity contribution in [3.8, 4) is 5.75 Å². The van der Waals surface area contributed by atoms with Gasteiger partial charge in [0.1, 0.15) is 5.75 Å². The van der Waals surface area contributed by atoms with E-state index >= 15 is 0 Å². The molecule has 1 N–H and O–H groups in total. The molecule has 3 nitrogen and oxygen atoms in total. The summed E-state index contributed by atoms with van der Waals surface area (Å²) in [5, 5.41) is 9.42. The standard InChI is InChI=1S/C16H15BrO3/c1-20-15-8-7-11(10-14(15)17)9-13(16(18)19)12-5-3-2-4-6-12/h2-8,10,13H,9H2,1H3,(H,18,19). The molecule has 0 aliphatic rings. The molecule has 0 aromatic heterocycles. The molecular formula is C16H15BrO3. The number of hydrogen-bond acceptors (Lipinski definition) is 2. The molecule has 0 fully saturated rings. The Morgan fingerprint density at radius 2 is 1.95 bits per heavy atom. The number of benzene rings is 2.